The van der Waals surface area contributed by atoms with E-state index in [1.165, 1.54) is 12.0 Å². The van der Waals surface area contributed by atoms with Gasteiger partial charge in [0, 0.05) is 11.2 Å². The number of carbonyl (C=O) groups is 1. The van der Waals surface area contributed by atoms with E-state index in [-0.39, 0.29) is 22.3 Å². The van der Waals surface area contributed by atoms with Gasteiger partial charge in [-0.25, -0.2) is 4.98 Å². The fraction of sp³-hybridized carbons (Fsp3) is 0.148. The Labute approximate surface area is 206 Å². The molecule has 0 fully saturated rings. The van der Waals surface area contributed by atoms with E-state index >= 15 is 0 Å². The largest absolute Gasteiger partial charge is 0.493 e. The number of nitrogens with zero attached hydrogens (tertiary/aromatic N) is 2. The first kappa shape index (κ1) is 22.7. The first-order valence-corrected chi connectivity index (χ1v) is 11.2. The fourth-order valence-electron chi connectivity index (χ4n) is 4.22. The Bertz CT molecular complexity index is 1530. The van der Waals surface area contributed by atoms with E-state index in [2.05, 4.69) is 11.6 Å². The molecule has 3 heterocycles. The van der Waals surface area contributed by atoms with E-state index in [1.54, 1.807) is 54.7 Å². The molecular formula is C27H21ClN2O5. The smallest absolute Gasteiger partial charge is 0.296 e. The number of hydrogen-bond donors (Lipinski definition) is 0. The molecule has 1 amide bonds. The van der Waals surface area contributed by atoms with Crippen LogP contribution >= 0.6 is 11.6 Å². The Morgan fingerprint density at radius 1 is 1.14 bits per heavy atom. The zero-order valence-corrected chi connectivity index (χ0v) is 19.8. The number of rotatable bonds is 6. The Balaban J connectivity index is 1.76. The molecule has 1 unspecified atom stereocenters. The molecule has 1 aliphatic rings. The third kappa shape index (κ3) is 3.84. The van der Waals surface area contributed by atoms with Gasteiger partial charge in [0.05, 0.1) is 24.1 Å². The van der Waals surface area contributed by atoms with Gasteiger partial charge < -0.3 is 13.9 Å². The van der Waals surface area contributed by atoms with Crippen molar-refractivity contribution in [3.63, 3.8) is 0 Å². The molecule has 8 heteroatoms. The summed E-state index contributed by atoms with van der Waals surface area (Å²) in [6.07, 6.45) is 3.30. The number of benzene rings is 2. The summed E-state index contributed by atoms with van der Waals surface area (Å²) >= 11 is 6.16. The van der Waals surface area contributed by atoms with Gasteiger partial charge in [-0.3, -0.25) is 14.5 Å². The van der Waals surface area contributed by atoms with Gasteiger partial charge in [0.25, 0.3) is 5.91 Å². The molecule has 0 radical (unpaired) electrons. The van der Waals surface area contributed by atoms with Crippen molar-refractivity contribution in [3.05, 3.63) is 105 Å². The Morgan fingerprint density at radius 2 is 1.97 bits per heavy atom. The van der Waals surface area contributed by atoms with Crippen LogP contribution in [-0.4, -0.2) is 24.6 Å². The van der Waals surface area contributed by atoms with Crippen molar-refractivity contribution in [2.45, 2.75) is 13.0 Å². The number of aromatic nitrogens is 1. The summed E-state index contributed by atoms with van der Waals surface area (Å²) in [6, 6.07) is 12.8. The highest BCUT2D eigenvalue weighted by atomic mass is 35.5. The Morgan fingerprint density at radius 3 is 2.69 bits per heavy atom. The van der Waals surface area contributed by atoms with E-state index in [0.29, 0.717) is 39.9 Å². The van der Waals surface area contributed by atoms with Crippen molar-refractivity contribution in [1.29, 1.82) is 0 Å². The maximum atomic E-state index is 13.7. The van der Waals surface area contributed by atoms with Gasteiger partial charge in [-0.2, -0.15) is 0 Å². The summed E-state index contributed by atoms with van der Waals surface area (Å²) in [6.45, 7) is 5.87. The number of ether oxygens (including phenoxy) is 2. The monoisotopic (exact) mass is 488 g/mol. The second kappa shape index (κ2) is 8.92. The lowest BCUT2D eigenvalue weighted by molar-refractivity contribution is 0.0970. The highest BCUT2D eigenvalue weighted by Crippen LogP contribution is 2.42. The summed E-state index contributed by atoms with van der Waals surface area (Å²) < 4.78 is 17.2. The predicted molar refractivity (Wildman–Crippen MR) is 134 cm³/mol. The van der Waals surface area contributed by atoms with E-state index in [0.717, 1.165) is 5.56 Å². The standard InChI is InChI=1S/C27H21ClN2O5/c1-4-11-34-20-8-6-16(12-21(20)33-3)24-23-25(31)18-13-17(28)7-9-19(18)35-26(23)27(32)30(24)22-10-5-15(2)14-29-22/h4-10,12-14,24H,1,11H2,2-3H3. The van der Waals surface area contributed by atoms with Gasteiger partial charge in [0.1, 0.15) is 18.0 Å². The molecule has 0 saturated carbocycles. The minimum atomic E-state index is -0.797. The lowest BCUT2D eigenvalue weighted by atomic mass is 9.98. The van der Waals surface area contributed by atoms with Crippen molar-refractivity contribution in [3.8, 4) is 11.5 Å². The van der Waals surface area contributed by atoms with Gasteiger partial charge in [-0.15, -0.1) is 0 Å². The highest BCUT2D eigenvalue weighted by molar-refractivity contribution is 6.31. The molecule has 176 valence electrons. The number of aryl methyl sites for hydroxylation is 1. The normalized spacial score (nSPS) is 14.8. The molecule has 7 nitrogen and oxygen atoms in total. The van der Waals surface area contributed by atoms with Crippen LogP contribution in [0, 0.1) is 6.92 Å². The summed E-state index contributed by atoms with van der Waals surface area (Å²) in [5, 5.41) is 0.693. The zero-order chi connectivity index (χ0) is 24.7. The molecule has 4 aromatic rings. The number of halogens is 1. The lowest BCUT2D eigenvalue weighted by Gasteiger charge is -2.25. The molecule has 0 spiro atoms. The summed E-state index contributed by atoms with van der Waals surface area (Å²) in [5.41, 5.74) is 1.75. The van der Waals surface area contributed by atoms with Gasteiger partial charge in [0.2, 0.25) is 5.76 Å². The number of carbonyl (C=O) groups excluding carboxylic acids is 1. The quantitative estimate of drug-likeness (QED) is 0.334. The van der Waals surface area contributed by atoms with Crippen molar-refractivity contribution in [2.75, 3.05) is 18.6 Å². The van der Waals surface area contributed by atoms with Crippen LogP contribution in [-0.2, 0) is 0 Å². The maximum absolute atomic E-state index is 13.7. The second-order valence-electron chi connectivity index (χ2n) is 8.10. The third-order valence-corrected chi connectivity index (χ3v) is 6.07. The van der Waals surface area contributed by atoms with Crippen molar-refractivity contribution >= 4 is 34.3 Å². The van der Waals surface area contributed by atoms with Crippen molar-refractivity contribution in [1.82, 2.24) is 4.98 Å². The molecule has 2 aromatic heterocycles. The molecule has 0 N–H and O–H groups in total. The van der Waals surface area contributed by atoms with E-state index in [4.69, 9.17) is 25.5 Å². The fourth-order valence-corrected chi connectivity index (χ4v) is 4.39. The summed E-state index contributed by atoms with van der Waals surface area (Å²) in [7, 11) is 1.52. The maximum Gasteiger partial charge on any atom is 0.296 e. The average Bonchev–Trinajstić information content (AvgIpc) is 3.16. The van der Waals surface area contributed by atoms with Crippen molar-refractivity contribution < 1.29 is 18.7 Å². The molecule has 0 saturated heterocycles. The van der Waals surface area contributed by atoms with Gasteiger partial charge in [0.15, 0.2) is 16.9 Å². The van der Waals surface area contributed by atoms with Crippen molar-refractivity contribution in [2.24, 2.45) is 0 Å². The summed E-state index contributed by atoms with van der Waals surface area (Å²) in [4.78, 5) is 33.3. The minimum Gasteiger partial charge on any atom is -0.493 e. The number of pyridine rings is 1. The highest BCUT2D eigenvalue weighted by Gasteiger charge is 2.44. The molecule has 1 atom stereocenters. The Hall–Kier alpha value is -4.10. The first-order valence-electron chi connectivity index (χ1n) is 10.9. The second-order valence-corrected chi connectivity index (χ2v) is 8.53. The van der Waals surface area contributed by atoms with Crippen LogP contribution in [0.5, 0.6) is 11.5 Å². The predicted octanol–water partition coefficient (Wildman–Crippen LogP) is 5.47. The molecule has 2 aromatic carbocycles. The van der Waals surface area contributed by atoms with E-state index in [9.17, 15) is 9.59 Å². The number of anilines is 1. The van der Waals surface area contributed by atoms with E-state index < -0.39 is 11.9 Å². The van der Waals surface area contributed by atoms with Gasteiger partial charge in [-0.05, 0) is 54.4 Å². The van der Waals surface area contributed by atoms with E-state index in [1.807, 2.05) is 13.0 Å². The number of amides is 1. The number of methoxy groups -OCH3 is 1. The van der Waals surface area contributed by atoms with Crippen LogP contribution in [0.1, 0.15) is 33.3 Å². The molecule has 0 bridgehead atoms. The SMILES string of the molecule is C=CCOc1ccc(C2c3c(oc4ccc(Cl)cc4c3=O)C(=O)N2c2ccc(C)cn2)cc1OC. The van der Waals surface area contributed by atoms with Gasteiger partial charge >= 0.3 is 0 Å². The average molecular weight is 489 g/mol. The lowest BCUT2D eigenvalue weighted by Crippen LogP contribution is -2.30. The topological polar surface area (TPSA) is 81.9 Å². The molecular weight excluding hydrogens is 468 g/mol. The third-order valence-electron chi connectivity index (χ3n) is 5.83. The van der Waals surface area contributed by atoms with Crippen LogP contribution in [0.15, 0.2) is 76.6 Å². The van der Waals surface area contributed by atoms with Crippen LogP contribution < -0.4 is 19.8 Å². The first-order chi connectivity index (χ1) is 16.9. The van der Waals surface area contributed by atoms with Crippen LogP contribution in [0.2, 0.25) is 5.02 Å². The molecule has 0 aliphatic carbocycles. The summed E-state index contributed by atoms with van der Waals surface area (Å²) in [5.74, 6) is 0.877. The number of hydrogen-bond acceptors (Lipinski definition) is 6. The molecule has 5 rings (SSSR count). The molecule has 1 aliphatic heterocycles. The Kier molecular flexibility index (Phi) is 5.78. The number of fused-ring (bicyclic) bond motifs is 2. The molecule has 35 heavy (non-hydrogen) atoms. The van der Waals surface area contributed by atoms with Crippen LogP contribution in [0.3, 0.4) is 0 Å². The van der Waals surface area contributed by atoms with Crippen LogP contribution in [0.4, 0.5) is 5.82 Å². The van der Waals surface area contributed by atoms with Gasteiger partial charge in [-0.1, -0.05) is 36.4 Å². The van der Waals surface area contributed by atoms with Crippen LogP contribution in [0.25, 0.3) is 11.0 Å². The zero-order valence-electron chi connectivity index (χ0n) is 19.1. The minimum absolute atomic E-state index is 0.0249.